The minimum atomic E-state index is -1.50. The Morgan fingerprint density at radius 1 is 1.11 bits per heavy atom. The summed E-state index contributed by atoms with van der Waals surface area (Å²) >= 11 is 0. The molecule has 0 saturated heterocycles. The largest absolute Gasteiger partial charge is 1.00 e. The summed E-state index contributed by atoms with van der Waals surface area (Å²) in [5.74, 6) is -1.06. The monoisotopic (exact) mass is 496 g/mol. The molecule has 3 aromatic rings. The van der Waals surface area contributed by atoms with Gasteiger partial charge in [-0.3, -0.25) is 0 Å². The summed E-state index contributed by atoms with van der Waals surface area (Å²) < 4.78 is 23.7. The Morgan fingerprint density at radius 3 is 2.29 bits per heavy atom. The molecule has 3 N–H and O–H groups in total. The molecule has 1 aliphatic carbocycles. The number of halogens is 1. The van der Waals surface area contributed by atoms with Crippen LogP contribution in [0.15, 0.2) is 52.9 Å². The normalized spacial score (nSPS) is 16.0. The Hall–Kier alpha value is -2.62. The fourth-order valence-electron chi connectivity index (χ4n) is 3.12. The molecule has 0 amide bonds. The molecule has 2 aromatic carbocycles. The predicted octanol–water partition coefficient (Wildman–Crippen LogP) is 2.21. The number of aromatic nitrogens is 2. The van der Waals surface area contributed by atoms with Crippen molar-refractivity contribution in [3.8, 4) is 5.75 Å². The van der Waals surface area contributed by atoms with E-state index in [0.717, 1.165) is 24.4 Å². The molecule has 0 radical (unpaired) electrons. The van der Waals surface area contributed by atoms with Gasteiger partial charge in [0.25, 0.3) is 5.89 Å². The molecular weight excluding hydrogens is 462 g/mol. The second kappa shape index (κ2) is 16.9. The standard InChI is InChI=1S/C13H18FNO.C9H7N3O3.C2H6.CH4.Na/c1-9-2-4-10(5-3-9)16-11-6-7-13(15)12(14)8-11;13-8(14)7-11-12-9(15-7)10-6-4-2-1-3-5-6;1-2;;/h6-10H,2-5,15H2,1H3;1-5H,(H,10,12)(H,13,14);1-2H3;1H4;/q;;;;+1/p-1. The van der Waals surface area contributed by atoms with E-state index in [1.165, 1.54) is 18.9 Å². The fraction of sp³-hybridized carbons (Fsp3) is 0.400. The van der Waals surface area contributed by atoms with E-state index in [1.54, 1.807) is 24.3 Å². The number of hydrogen-bond acceptors (Lipinski definition) is 8. The second-order valence-corrected chi connectivity index (χ2v) is 7.37. The molecule has 0 spiro atoms. The van der Waals surface area contributed by atoms with Crippen LogP contribution >= 0.6 is 0 Å². The van der Waals surface area contributed by atoms with Crippen LogP contribution in [-0.4, -0.2) is 22.3 Å². The van der Waals surface area contributed by atoms with Gasteiger partial charge in [0, 0.05) is 11.8 Å². The van der Waals surface area contributed by atoms with Gasteiger partial charge in [-0.2, -0.15) is 0 Å². The van der Waals surface area contributed by atoms with Gasteiger partial charge >= 0.3 is 35.6 Å². The van der Waals surface area contributed by atoms with E-state index < -0.39 is 17.7 Å². The summed E-state index contributed by atoms with van der Waals surface area (Å²) in [6.07, 6.45) is 4.75. The SMILES string of the molecule is C.CC.CC1CCC(Oc2ccc(N)c(F)c2)CC1.O=C([O-])c1nnc(Nc2ccccc2)o1.[Na+]. The van der Waals surface area contributed by atoms with E-state index in [2.05, 4.69) is 22.4 Å². The molecule has 186 valence electrons. The van der Waals surface area contributed by atoms with E-state index in [-0.39, 0.29) is 54.8 Å². The van der Waals surface area contributed by atoms with E-state index >= 15 is 0 Å². The minimum Gasteiger partial charge on any atom is -0.540 e. The molecule has 10 heteroatoms. The molecule has 35 heavy (non-hydrogen) atoms. The first-order chi connectivity index (χ1) is 15.9. The average Bonchev–Trinajstić information content (AvgIpc) is 3.29. The Kier molecular flexibility index (Phi) is 15.6. The zero-order valence-electron chi connectivity index (χ0n) is 20.1. The van der Waals surface area contributed by atoms with Crippen LogP contribution in [0.1, 0.15) is 64.6 Å². The number of hydrogen-bond donors (Lipinski definition) is 2. The molecule has 1 fully saturated rings. The molecule has 0 unspecified atom stereocenters. The van der Waals surface area contributed by atoms with E-state index in [1.807, 2.05) is 32.0 Å². The van der Waals surface area contributed by atoms with Crippen molar-refractivity contribution in [1.29, 1.82) is 0 Å². The number of aromatic carboxylic acids is 1. The number of nitrogens with one attached hydrogen (secondary N) is 1. The van der Waals surface area contributed by atoms with Gasteiger partial charge in [0.1, 0.15) is 17.5 Å². The summed E-state index contributed by atoms with van der Waals surface area (Å²) in [7, 11) is 0. The van der Waals surface area contributed by atoms with Crippen molar-refractivity contribution in [3.05, 3.63) is 60.2 Å². The third kappa shape index (κ3) is 11.1. The van der Waals surface area contributed by atoms with Gasteiger partial charge < -0.3 is 30.1 Å². The zero-order valence-corrected chi connectivity index (χ0v) is 22.1. The summed E-state index contributed by atoms with van der Waals surface area (Å²) in [6.45, 7) is 6.26. The number of ether oxygens (including phenoxy) is 1. The molecule has 1 aromatic heterocycles. The van der Waals surface area contributed by atoms with Crippen LogP contribution in [-0.2, 0) is 0 Å². The van der Waals surface area contributed by atoms with Crippen molar-refractivity contribution in [2.75, 3.05) is 11.1 Å². The first-order valence-corrected chi connectivity index (χ1v) is 11.0. The number of rotatable bonds is 5. The van der Waals surface area contributed by atoms with Crippen LogP contribution in [0, 0.1) is 11.7 Å². The maximum absolute atomic E-state index is 13.2. The Morgan fingerprint density at radius 2 is 1.74 bits per heavy atom. The molecule has 1 saturated carbocycles. The van der Waals surface area contributed by atoms with E-state index in [0.29, 0.717) is 5.75 Å². The van der Waals surface area contributed by atoms with Crippen molar-refractivity contribution < 1.29 is 53.0 Å². The minimum absolute atomic E-state index is 0. The first-order valence-electron chi connectivity index (χ1n) is 11.0. The van der Waals surface area contributed by atoms with Crippen LogP contribution in [0.25, 0.3) is 0 Å². The Balaban J connectivity index is 0.000000587. The molecule has 0 bridgehead atoms. The number of carboxylic acids is 1. The van der Waals surface area contributed by atoms with Crippen LogP contribution < -0.4 is 50.5 Å². The number of carboxylic acid groups (broad SMARTS) is 1. The van der Waals surface area contributed by atoms with Gasteiger partial charge in [-0.05, 0) is 55.9 Å². The number of carbonyl (C=O) groups excluding carboxylic acids is 1. The number of nitrogen functional groups attached to an aromatic ring is 1. The molecule has 4 rings (SSSR count). The molecule has 0 atom stereocenters. The Bertz CT molecular complexity index is 996. The molecule has 8 nitrogen and oxygen atoms in total. The van der Waals surface area contributed by atoms with Gasteiger partial charge in [0.2, 0.25) is 0 Å². The number of para-hydroxylation sites is 1. The number of nitrogens with zero attached hydrogens (tertiary/aromatic N) is 2. The average molecular weight is 497 g/mol. The molecular formula is C25H34FN4NaO4. The zero-order chi connectivity index (χ0) is 24.2. The summed E-state index contributed by atoms with van der Waals surface area (Å²) in [4.78, 5) is 10.3. The quantitative estimate of drug-likeness (QED) is 0.407. The molecule has 1 aliphatic rings. The first kappa shape index (κ1) is 32.4. The third-order valence-electron chi connectivity index (χ3n) is 4.86. The van der Waals surface area contributed by atoms with Crippen molar-refractivity contribution in [2.45, 2.75) is 60.0 Å². The third-order valence-corrected chi connectivity index (χ3v) is 4.86. The number of benzene rings is 2. The van der Waals surface area contributed by atoms with Crippen molar-refractivity contribution in [1.82, 2.24) is 10.2 Å². The maximum atomic E-state index is 13.2. The van der Waals surface area contributed by atoms with Crippen LogP contribution in [0.2, 0.25) is 0 Å². The maximum Gasteiger partial charge on any atom is 1.00 e. The molecule has 1 heterocycles. The summed E-state index contributed by atoms with van der Waals surface area (Å²) in [5.41, 5.74) is 6.31. The van der Waals surface area contributed by atoms with Crippen LogP contribution in [0.4, 0.5) is 21.8 Å². The van der Waals surface area contributed by atoms with Crippen molar-refractivity contribution in [3.63, 3.8) is 0 Å². The van der Waals surface area contributed by atoms with E-state index in [9.17, 15) is 14.3 Å². The van der Waals surface area contributed by atoms with Gasteiger partial charge in [0.05, 0.1) is 11.8 Å². The van der Waals surface area contributed by atoms with Crippen LogP contribution in [0.5, 0.6) is 5.75 Å². The Labute approximate surface area is 228 Å². The smallest absolute Gasteiger partial charge is 0.540 e. The van der Waals surface area contributed by atoms with Gasteiger partial charge in [-0.15, -0.1) is 5.10 Å². The predicted molar refractivity (Wildman–Crippen MR) is 129 cm³/mol. The number of anilines is 3. The summed E-state index contributed by atoms with van der Waals surface area (Å²) in [5, 5.41) is 19.8. The summed E-state index contributed by atoms with van der Waals surface area (Å²) in [6, 6.07) is 13.7. The van der Waals surface area contributed by atoms with Crippen molar-refractivity contribution in [2.24, 2.45) is 5.92 Å². The van der Waals surface area contributed by atoms with E-state index in [4.69, 9.17) is 14.9 Å². The van der Waals surface area contributed by atoms with Gasteiger partial charge in [-0.25, -0.2) is 4.39 Å². The number of carbonyl (C=O) groups is 1. The number of nitrogens with two attached hydrogens (primary N) is 1. The topological polar surface area (TPSA) is 126 Å². The van der Waals surface area contributed by atoms with Crippen LogP contribution in [0.3, 0.4) is 0 Å². The fourth-order valence-corrected chi connectivity index (χ4v) is 3.12. The van der Waals surface area contributed by atoms with Gasteiger partial charge in [0.15, 0.2) is 0 Å². The van der Waals surface area contributed by atoms with Crippen molar-refractivity contribution >= 4 is 23.4 Å². The van der Waals surface area contributed by atoms with Gasteiger partial charge in [-0.1, -0.05) is 51.5 Å². The molecule has 0 aliphatic heterocycles. The second-order valence-electron chi connectivity index (χ2n) is 7.37.